The second-order valence-corrected chi connectivity index (χ2v) is 5.88. The number of aromatic nitrogens is 2. The number of H-pyrrole nitrogens is 1. The summed E-state index contributed by atoms with van der Waals surface area (Å²) in [5.41, 5.74) is 1.80. The molecule has 0 radical (unpaired) electrons. The van der Waals surface area contributed by atoms with Crippen LogP contribution in [0.5, 0.6) is 0 Å². The number of esters is 1. The van der Waals surface area contributed by atoms with Gasteiger partial charge in [-0.3, -0.25) is 9.78 Å². The predicted octanol–water partition coefficient (Wildman–Crippen LogP) is 3.81. The minimum atomic E-state index is -0.320. The van der Waals surface area contributed by atoms with Crippen LogP contribution in [0.15, 0.2) is 35.1 Å². The number of carbonyl (C=O) groups excluding carboxylic acids is 1. The summed E-state index contributed by atoms with van der Waals surface area (Å²) in [7, 11) is 0. The van der Waals surface area contributed by atoms with Crippen LogP contribution < -0.4 is 10.9 Å². The third-order valence-electron chi connectivity index (χ3n) is 3.67. The number of aromatic amines is 1. The van der Waals surface area contributed by atoms with Gasteiger partial charge in [0.1, 0.15) is 0 Å². The summed E-state index contributed by atoms with van der Waals surface area (Å²) in [6, 6.07) is 8.41. The number of hydrogen-bond donors (Lipinski definition) is 2. The van der Waals surface area contributed by atoms with E-state index in [1.54, 1.807) is 24.3 Å². The molecule has 1 heterocycles. The highest BCUT2D eigenvalue weighted by atomic mass is 16.5. The Morgan fingerprint density at radius 2 is 1.92 bits per heavy atom. The summed E-state index contributed by atoms with van der Waals surface area (Å²) in [6.07, 6.45) is 4.70. The Morgan fingerprint density at radius 3 is 2.60 bits per heavy atom. The number of anilines is 2. The van der Waals surface area contributed by atoms with Gasteiger partial charge in [-0.1, -0.05) is 33.1 Å². The number of aryl methyl sites for hydroxylation is 1. The van der Waals surface area contributed by atoms with Crippen molar-refractivity contribution in [2.45, 2.75) is 46.0 Å². The number of nitrogens with one attached hydrogen (secondary N) is 2. The standard InChI is InChI=1S/C19H25N3O3/c1-3-5-6-12-25-18(24)14-8-10-15(11-9-14)20-19-21-16(7-4-2)13-17(23)22-19/h8-11,13H,3-7,12H2,1-2H3,(H2,20,21,22,23). The van der Waals surface area contributed by atoms with Gasteiger partial charge in [0.05, 0.1) is 12.2 Å². The Morgan fingerprint density at radius 1 is 1.16 bits per heavy atom. The first-order valence-corrected chi connectivity index (χ1v) is 8.76. The predicted molar refractivity (Wildman–Crippen MR) is 98.4 cm³/mol. The van der Waals surface area contributed by atoms with Gasteiger partial charge in [-0.25, -0.2) is 9.78 Å². The van der Waals surface area contributed by atoms with Gasteiger partial charge < -0.3 is 10.1 Å². The minimum absolute atomic E-state index is 0.187. The number of carbonyl (C=O) groups is 1. The fourth-order valence-corrected chi connectivity index (χ4v) is 2.38. The van der Waals surface area contributed by atoms with E-state index >= 15 is 0 Å². The van der Waals surface area contributed by atoms with Gasteiger partial charge >= 0.3 is 5.97 Å². The summed E-state index contributed by atoms with van der Waals surface area (Å²) < 4.78 is 5.23. The van der Waals surface area contributed by atoms with Crippen molar-refractivity contribution in [3.05, 3.63) is 51.9 Å². The molecule has 25 heavy (non-hydrogen) atoms. The van der Waals surface area contributed by atoms with Crippen molar-refractivity contribution in [3.8, 4) is 0 Å². The van der Waals surface area contributed by atoms with Crippen LogP contribution >= 0.6 is 0 Å². The molecule has 0 fully saturated rings. The van der Waals surface area contributed by atoms with Crippen molar-refractivity contribution >= 4 is 17.6 Å². The molecule has 0 spiro atoms. The van der Waals surface area contributed by atoms with Crippen molar-refractivity contribution in [3.63, 3.8) is 0 Å². The fraction of sp³-hybridized carbons (Fsp3) is 0.421. The maximum Gasteiger partial charge on any atom is 0.338 e. The number of nitrogens with zero attached hydrogens (tertiary/aromatic N) is 1. The highest BCUT2D eigenvalue weighted by Crippen LogP contribution is 2.14. The average Bonchev–Trinajstić information content (AvgIpc) is 2.59. The first-order chi connectivity index (χ1) is 12.1. The lowest BCUT2D eigenvalue weighted by molar-refractivity contribution is 0.0498. The topological polar surface area (TPSA) is 84.1 Å². The lowest BCUT2D eigenvalue weighted by atomic mass is 10.2. The van der Waals surface area contributed by atoms with Gasteiger partial charge in [0.15, 0.2) is 0 Å². The summed E-state index contributed by atoms with van der Waals surface area (Å²) >= 11 is 0. The van der Waals surface area contributed by atoms with Gasteiger partial charge in [-0.05, 0) is 37.1 Å². The monoisotopic (exact) mass is 343 g/mol. The summed E-state index contributed by atoms with van der Waals surface area (Å²) in [4.78, 5) is 30.6. The first kappa shape index (κ1) is 18.7. The summed E-state index contributed by atoms with van der Waals surface area (Å²) in [5, 5.41) is 3.05. The van der Waals surface area contributed by atoms with E-state index in [0.29, 0.717) is 18.1 Å². The molecule has 0 bridgehead atoms. The van der Waals surface area contributed by atoms with Crippen LogP contribution in [-0.4, -0.2) is 22.5 Å². The first-order valence-electron chi connectivity index (χ1n) is 8.76. The van der Waals surface area contributed by atoms with Crippen molar-refractivity contribution in [1.29, 1.82) is 0 Å². The molecule has 0 saturated carbocycles. The Kier molecular flexibility index (Phi) is 7.19. The molecule has 6 nitrogen and oxygen atoms in total. The van der Waals surface area contributed by atoms with Crippen LogP contribution in [0.2, 0.25) is 0 Å². The molecular formula is C19H25N3O3. The molecule has 0 aliphatic heterocycles. The maximum atomic E-state index is 11.9. The fourth-order valence-electron chi connectivity index (χ4n) is 2.38. The molecule has 2 N–H and O–H groups in total. The van der Waals surface area contributed by atoms with Crippen molar-refractivity contribution < 1.29 is 9.53 Å². The second-order valence-electron chi connectivity index (χ2n) is 5.88. The molecule has 2 rings (SSSR count). The molecule has 6 heteroatoms. The zero-order chi connectivity index (χ0) is 18.1. The van der Waals surface area contributed by atoms with Gasteiger partial charge in [0.25, 0.3) is 5.56 Å². The van der Waals surface area contributed by atoms with E-state index in [2.05, 4.69) is 22.2 Å². The molecule has 0 atom stereocenters. The SMILES string of the molecule is CCCCCOC(=O)c1ccc(Nc2nc(CCC)cc(=O)[nH]2)cc1. The largest absolute Gasteiger partial charge is 0.462 e. The van der Waals surface area contributed by atoms with Gasteiger partial charge in [-0.15, -0.1) is 0 Å². The number of rotatable bonds is 9. The van der Waals surface area contributed by atoms with E-state index in [1.165, 1.54) is 6.07 Å². The van der Waals surface area contributed by atoms with E-state index in [9.17, 15) is 9.59 Å². The van der Waals surface area contributed by atoms with Gasteiger partial charge in [0, 0.05) is 17.4 Å². The molecule has 1 aromatic heterocycles. The molecule has 2 aromatic rings. The van der Waals surface area contributed by atoms with E-state index in [0.717, 1.165) is 43.5 Å². The third-order valence-corrected chi connectivity index (χ3v) is 3.67. The normalized spacial score (nSPS) is 10.5. The Balaban J connectivity index is 1.98. The maximum absolute atomic E-state index is 11.9. The van der Waals surface area contributed by atoms with Crippen LogP contribution in [0.3, 0.4) is 0 Å². The highest BCUT2D eigenvalue weighted by molar-refractivity contribution is 5.89. The molecule has 0 aliphatic carbocycles. The zero-order valence-electron chi connectivity index (χ0n) is 14.8. The van der Waals surface area contributed by atoms with Crippen molar-refractivity contribution in [1.82, 2.24) is 9.97 Å². The lowest BCUT2D eigenvalue weighted by Gasteiger charge is -2.08. The van der Waals surface area contributed by atoms with Crippen LogP contribution in [0.25, 0.3) is 0 Å². The number of hydrogen-bond acceptors (Lipinski definition) is 5. The van der Waals surface area contributed by atoms with Crippen molar-refractivity contribution in [2.24, 2.45) is 0 Å². The molecule has 0 unspecified atom stereocenters. The zero-order valence-corrected chi connectivity index (χ0v) is 14.8. The van der Waals surface area contributed by atoms with Crippen LogP contribution in [0.4, 0.5) is 11.6 Å². The van der Waals surface area contributed by atoms with Crippen molar-refractivity contribution in [2.75, 3.05) is 11.9 Å². The van der Waals surface area contributed by atoms with Gasteiger partial charge in [0.2, 0.25) is 5.95 Å². The van der Waals surface area contributed by atoms with Gasteiger partial charge in [-0.2, -0.15) is 0 Å². The number of benzene rings is 1. The van der Waals surface area contributed by atoms with E-state index in [-0.39, 0.29) is 11.5 Å². The van der Waals surface area contributed by atoms with Crippen LogP contribution in [0, 0.1) is 0 Å². The molecule has 0 saturated heterocycles. The minimum Gasteiger partial charge on any atom is -0.462 e. The van der Waals surface area contributed by atoms with Crippen LogP contribution in [-0.2, 0) is 11.2 Å². The molecule has 134 valence electrons. The average molecular weight is 343 g/mol. The quantitative estimate of drug-likeness (QED) is 0.534. The summed E-state index contributed by atoms with van der Waals surface area (Å²) in [5.74, 6) is 0.0740. The van der Waals surface area contributed by atoms with E-state index < -0.39 is 0 Å². The number of unbranched alkanes of at least 4 members (excludes halogenated alkanes) is 2. The highest BCUT2D eigenvalue weighted by Gasteiger charge is 2.07. The molecule has 0 amide bonds. The molecular weight excluding hydrogens is 318 g/mol. The third kappa shape index (κ3) is 6.06. The lowest BCUT2D eigenvalue weighted by Crippen LogP contribution is -2.12. The Hall–Kier alpha value is -2.63. The Bertz CT molecular complexity index is 738. The molecule has 0 aliphatic rings. The van der Waals surface area contributed by atoms with E-state index in [4.69, 9.17) is 4.74 Å². The summed E-state index contributed by atoms with van der Waals surface area (Å²) in [6.45, 7) is 4.59. The molecule has 1 aromatic carbocycles. The van der Waals surface area contributed by atoms with E-state index in [1.807, 2.05) is 6.92 Å². The van der Waals surface area contributed by atoms with Crippen LogP contribution in [0.1, 0.15) is 55.6 Å². The second kappa shape index (κ2) is 9.61. The number of ether oxygens (including phenoxy) is 1. The smallest absolute Gasteiger partial charge is 0.338 e. The Labute approximate surface area is 147 Å².